The Morgan fingerprint density at radius 3 is 2.83 bits per heavy atom. The van der Waals surface area contributed by atoms with Gasteiger partial charge in [-0.15, -0.1) is 0 Å². The van der Waals surface area contributed by atoms with Crippen LogP contribution in [-0.2, 0) is 11.2 Å². The van der Waals surface area contributed by atoms with E-state index in [0.29, 0.717) is 10.6 Å². The average molecular weight is 354 g/mol. The first kappa shape index (κ1) is 15.6. The lowest BCUT2D eigenvalue weighted by Gasteiger charge is -2.10. The molecule has 3 rings (SSSR count). The molecule has 0 saturated heterocycles. The molecule has 1 N–H and O–H groups in total. The number of halogens is 3. The predicted molar refractivity (Wildman–Crippen MR) is 83.0 cm³/mol. The number of carbonyl (C=O) groups is 1. The third-order valence-electron chi connectivity index (χ3n) is 3.06. The van der Waals surface area contributed by atoms with Crippen LogP contribution in [0, 0.1) is 11.6 Å². The van der Waals surface area contributed by atoms with Gasteiger partial charge in [0.2, 0.25) is 0 Å². The third-order valence-corrected chi connectivity index (χ3v) is 4.33. The number of aliphatic carboxylic acids is 1. The van der Waals surface area contributed by atoms with Crippen molar-refractivity contribution in [2.45, 2.75) is 6.42 Å². The minimum absolute atomic E-state index is 0.0630. The third kappa shape index (κ3) is 3.40. The molecule has 0 bridgehead atoms. The molecule has 23 heavy (non-hydrogen) atoms. The molecule has 0 atom stereocenters. The van der Waals surface area contributed by atoms with Crippen LogP contribution in [0.5, 0.6) is 0 Å². The fraction of sp³-hybridized carbons (Fsp3) is 0.0667. The Morgan fingerprint density at radius 2 is 2.09 bits per heavy atom. The summed E-state index contributed by atoms with van der Waals surface area (Å²) in [6.45, 7) is 0. The molecule has 0 fully saturated rings. The van der Waals surface area contributed by atoms with E-state index >= 15 is 0 Å². The quantitative estimate of drug-likeness (QED) is 0.782. The van der Waals surface area contributed by atoms with Crippen molar-refractivity contribution in [1.29, 1.82) is 0 Å². The lowest BCUT2D eigenvalue weighted by atomic mass is 10.1. The molecule has 118 valence electrons. The molecule has 8 heteroatoms. The molecule has 2 aromatic carbocycles. The van der Waals surface area contributed by atoms with Crippen molar-refractivity contribution in [1.82, 2.24) is 4.98 Å². The Kier molecular flexibility index (Phi) is 4.14. The summed E-state index contributed by atoms with van der Waals surface area (Å²) in [6, 6.07) is 6.53. The number of nitrogens with zero attached hydrogens (tertiary/aromatic N) is 1. The zero-order chi connectivity index (χ0) is 16.6. The van der Waals surface area contributed by atoms with Gasteiger partial charge < -0.3 is 15.2 Å². The van der Waals surface area contributed by atoms with E-state index in [1.807, 2.05) is 0 Å². The minimum Gasteiger partial charge on any atom is -0.550 e. The maximum Gasteiger partial charge on any atom is 0.188 e. The van der Waals surface area contributed by atoms with Gasteiger partial charge in [-0.25, -0.2) is 13.8 Å². The lowest BCUT2D eigenvalue weighted by Crippen LogP contribution is -2.24. The highest BCUT2D eigenvalue weighted by molar-refractivity contribution is 7.22. The zero-order valence-electron chi connectivity index (χ0n) is 11.4. The van der Waals surface area contributed by atoms with Gasteiger partial charge in [-0.2, -0.15) is 0 Å². The van der Waals surface area contributed by atoms with Crippen molar-refractivity contribution < 1.29 is 18.7 Å². The number of hydrogen-bond donors (Lipinski definition) is 1. The number of aromatic nitrogens is 1. The number of rotatable bonds is 4. The number of hydrogen-bond acceptors (Lipinski definition) is 5. The van der Waals surface area contributed by atoms with Crippen LogP contribution in [-0.4, -0.2) is 11.0 Å². The molecular formula is C15H8ClF2N2O2S-. The molecule has 0 aliphatic heterocycles. The Bertz CT molecular complexity index is 914. The number of carboxylic acid groups (broad SMARTS) is 1. The minimum atomic E-state index is -1.39. The monoisotopic (exact) mass is 353 g/mol. The first-order valence-electron chi connectivity index (χ1n) is 6.43. The molecule has 4 nitrogen and oxygen atoms in total. The Hall–Kier alpha value is -2.25. The van der Waals surface area contributed by atoms with Gasteiger partial charge in [0, 0.05) is 18.5 Å². The highest BCUT2D eigenvalue weighted by Gasteiger charge is 2.11. The topological polar surface area (TPSA) is 65.0 Å². The predicted octanol–water partition coefficient (Wildman–Crippen LogP) is 3.26. The van der Waals surface area contributed by atoms with E-state index in [0.717, 1.165) is 10.8 Å². The highest BCUT2D eigenvalue weighted by atomic mass is 35.5. The van der Waals surface area contributed by atoms with E-state index in [9.17, 15) is 18.7 Å². The molecule has 0 spiro atoms. The number of nitrogens with one attached hydrogen (secondary N) is 1. The number of anilines is 2. The number of carbonyl (C=O) groups excluding carboxylic acids is 1. The fourth-order valence-corrected chi connectivity index (χ4v) is 3.14. The van der Waals surface area contributed by atoms with Crippen molar-refractivity contribution in [3.05, 3.63) is 52.6 Å². The second-order valence-corrected chi connectivity index (χ2v) is 6.17. The van der Waals surface area contributed by atoms with E-state index in [-0.39, 0.29) is 16.3 Å². The molecule has 0 aliphatic rings. The second-order valence-electron chi connectivity index (χ2n) is 4.73. The molecule has 0 saturated carbocycles. The van der Waals surface area contributed by atoms with Crippen LogP contribution in [0.3, 0.4) is 0 Å². The summed E-state index contributed by atoms with van der Waals surface area (Å²) < 4.78 is 27.8. The van der Waals surface area contributed by atoms with Gasteiger partial charge >= 0.3 is 0 Å². The molecule has 0 radical (unpaired) electrons. The van der Waals surface area contributed by atoms with Crippen LogP contribution in [0.2, 0.25) is 5.02 Å². The summed E-state index contributed by atoms with van der Waals surface area (Å²) in [6.07, 6.45) is -0.563. The smallest absolute Gasteiger partial charge is 0.188 e. The van der Waals surface area contributed by atoms with Crippen molar-refractivity contribution in [2.75, 3.05) is 5.32 Å². The van der Waals surface area contributed by atoms with E-state index in [2.05, 4.69) is 10.3 Å². The van der Waals surface area contributed by atoms with Crippen LogP contribution >= 0.6 is 22.9 Å². The summed E-state index contributed by atoms with van der Waals surface area (Å²) in [4.78, 5) is 14.8. The van der Waals surface area contributed by atoms with Crippen molar-refractivity contribution in [3.63, 3.8) is 0 Å². The van der Waals surface area contributed by atoms with Gasteiger partial charge in [0.05, 0.1) is 20.9 Å². The number of thiazole rings is 1. The number of carboxylic acids is 1. The van der Waals surface area contributed by atoms with Gasteiger partial charge in [0.1, 0.15) is 11.6 Å². The maximum atomic E-state index is 13.9. The van der Waals surface area contributed by atoms with Crippen molar-refractivity contribution in [3.8, 4) is 0 Å². The fourth-order valence-electron chi connectivity index (χ4n) is 2.04. The molecule has 1 heterocycles. The summed E-state index contributed by atoms with van der Waals surface area (Å²) >= 11 is 7.29. The molecule has 0 aliphatic carbocycles. The van der Waals surface area contributed by atoms with Crippen LogP contribution in [0.25, 0.3) is 10.2 Å². The maximum absolute atomic E-state index is 13.9. The van der Waals surface area contributed by atoms with Crippen LogP contribution < -0.4 is 10.4 Å². The Balaban J connectivity index is 1.92. The van der Waals surface area contributed by atoms with Crippen LogP contribution in [0.4, 0.5) is 19.6 Å². The Morgan fingerprint density at radius 1 is 1.30 bits per heavy atom. The second kappa shape index (κ2) is 6.10. The summed E-state index contributed by atoms with van der Waals surface area (Å²) in [5, 5.41) is 14.0. The SMILES string of the molecule is O=C([O-])Cc1cc(Cl)c(Nc2nc3cc(F)ccc3s2)cc1F. The molecular weight excluding hydrogens is 346 g/mol. The van der Waals surface area contributed by atoms with Gasteiger partial charge in [-0.05, 0) is 29.8 Å². The van der Waals surface area contributed by atoms with Gasteiger partial charge in [-0.1, -0.05) is 22.9 Å². The number of benzene rings is 2. The van der Waals surface area contributed by atoms with Crippen LogP contribution in [0.1, 0.15) is 5.56 Å². The largest absolute Gasteiger partial charge is 0.550 e. The van der Waals surface area contributed by atoms with Crippen LogP contribution in [0.15, 0.2) is 30.3 Å². The first-order chi connectivity index (χ1) is 10.9. The average Bonchev–Trinajstić information content (AvgIpc) is 2.85. The standard InChI is InChI=1S/C15H9ClF2N2O2S/c16-9-3-7(4-14(21)22)10(18)6-11(9)19-15-20-12-5-8(17)1-2-13(12)23-15/h1-3,5-6H,4H2,(H,19,20)(H,21,22)/p-1. The Labute approximate surface area is 138 Å². The van der Waals surface area contributed by atoms with Gasteiger partial charge in [0.25, 0.3) is 0 Å². The summed E-state index contributed by atoms with van der Waals surface area (Å²) in [7, 11) is 0. The normalized spacial score (nSPS) is 10.9. The van der Waals surface area contributed by atoms with Gasteiger partial charge in [0.15, 0.2) is 5.13 Å². The zero-order valence-corrected chi connectivity index (χ0v) is 13.0. The van der Waals surface area contributed by atoms with Gasteiger partial charge in [-0.3, -0.25) is 0 Å². The molecule has 1 aromatic heterocycles. The van der Waals surface area contributed by atoms with E-state index < -0.39 is 24.0 Å². The van der Waals surface area contributed by atoms with E-state index in [1.54, 1.807) is 6.07 Å². The molecule has 3 aromatic rings. The van der Waals surface area contributed by atoms with Crippen molar-refractivity contribution in [2.24, 2.45) is 0 Å². The lowest BCUT2D eigenvalue weighted by molar-refractivity contribution is -0.304. The van der Waals surface area contributed by atoms with E-state index in [4.69, 9.17) is 11.6 Å². The highest BCUT2D eigenvalue weighted by Crippen LogP contribution is 2.32. The number of fused-ring (bicyclic) bond motifs is 1. The molecule has 0 unspecified atom stereocenters. The van der Waals surface area contributed by atoms with Crippen molar-refractivity contribution >= 4 is 49.9 Å². The summed E-state index contributed by atoms with van der Waals surface area (Å²) in [5.74, 6) is -2.51. The molecule has 0 amide bonds. The van der Waals surface area contributed by atoms with E-state index in [1.165, 1.54) is 29.5 Å². The summed E-state index contributed by atoms with van der Waals surface area (Å²) in [5.41, 5.74) is 0.653. The first-order valence-corrected chi connectivity index (χ1v) is 7.62.